The van der Waals surface area contributed by atoms with E-state index in [1.165, 1.54) is 7.11 Å². The Balaban J connectivity index is 1.47. The van der Waals surface area contributed by atoms with E-state index in [-0.39, 0.29) is 18.9 Å². The fourth-order valence-corrected chi connectivity index (χ4v) is 4.07. The second kappa shape index (κ2) is 11.4. The van der Waals surface area contributed by atoms with Crippen LogP contribution in [0.3, 0.4) is 0 Å². The Morgan fingerprint density at radius 1 is 1.22 bits per heavy atom. The maximum atomic E-state index is 12.9. The molecule has 2 aromatic carbocycles. The van der Waals surface area contributed by atoms with E-state index in [0.717, 1.165) is 11.1 Å². The lowest BCUT2D eigenvalue weighted by molar-refractivity contribution is -0.108. The third-order valence-corrected chi connectivity index (χ3v) is 5.97. The summed E-state index contributed by atoms with van der Waals surface area (Å²) in [4.78, 5) is 39.2. The van der Waals surface area contributed by atoms with Crippen molar-refractivity contribution < 1.29 is 23.9 Å². The molecule has 2 aromatic rings. The zero-order chi connectivity index (χ0) is 25.5. The van der Waals surface area contributed by atoms with Gasteiger partial charge in [0.25, 0.3) is 5.91 Å². The van der Waals surface area contributed by atoms with Crippen molar-refractivity contribution in [2.45, 2.75) is 12.6 Å². The molecule has 2 aliphatic rings. The molecule has 4 amide bonds. The van der Waals surface area contributed by atoms with Crippen LogP contribution in [0.5, 0.6) is 5.75 Å². The number of benzene rings is 2. The van der Waals surface area contributed by atoms with Crippen LogP contribution < -0.4 is 15.4 Å². The number of rotatable bonds is 6. The third kappa shape index (κ3) is 5.82. The topological polar surface area (TPSA) is 124 Å². The first kappa shape index (κ1) is 24.8. The van der Waals surface area contributed by atoms with E-state index in [9.17, 15) is 14.4 Å². The van der Waals surface area contributed by atoms with Gasteiger partial charge in [-0.15, -0.1) is 0 Å². The summed E-state index contributed by atoms with van der Waals surface area (Å²) >= 11 is 0. The molecular weight excluding hydrogens is 462 g/mol. The molecule has 10 nitrogen and oxygen atoms in total. The van der Waals surface area contributed by atoms with E-state index >= 15 is 0 Å². The highest BCUT2D eigenvalue weighted by molar-refractivity contribution is 5.99. The molecule has 36 heavy (non-hydrogen) atoms. The molecule has 0 unspecified atom stereocenters. The van der Waals surface area contributed by atoms with Crippen molar-refractivity contribution in [1.29, 1.82) is 5.41 Å². The van der Waals surface area contributed by atoms with Gasteiger partial charge in [0.1, 0.15) is 17.6 Å². The van der Waals surface area contributed by atoms with Crippen LogP contribution in [0, 0.1) is 17.3 Å². The Morgan fingerprint density at radius 3 is 2.67 bits per heavy atom. The number of nitrogens with zero attached hydrogens (tertiary/aromatic N) is 2. The van der Waals surface area contributed by atoms with Crippen molar-refractivity contribution in [3.05, 3.63) is 64.7 Å². The SMILES string of the molecule is COc1ccc2c(c1)C(=O)N(C[C@@H](C#Cc1ccc(C(=N)N3CCOCC3)cc1)NC(=O)NC=O)C2. The molecule has 4 rings (SSSR count). The standard InChI is InChI=1S/C26H27N5O5/c1-35-22-9-7-20-15-31(25(33)23(20)14-22)16-21(29-26(34)28-17-32)8-4-18-2-5-19(6-3-18)24(27)30-10-12-36-13-11-30/h2-3,5-7,9,14,17,21,27H,10-13,15-16H2,1H3,(H2,28,29,32,34)/t21-/m1/s1. The van der Waals surface area contributed by atoms with E-state index in [0.29, 0.717) is 55.6 Å². The van der Waals surface area contributed by atoms with Gasteiger partial charge >= 0.3 is 6.03 Å². The Labute approximate surface area is 209 Å². The van der Waals surface area contributed by atoms with Crippen LogP contribution in [0.15, 0.2) is 42.5 Å². The van der Waals surface area contributed by atoms with Gasteiger partial charge in [0.15, 0.2) is 0 Å². The molecule has 186 valence electrons. The minimum atomic E-state index is -0.726. The average Bonchev–Trinajstić information content (AvgIpc) is 3.22. The lowest BCUT2D eigenvalue weighted by Gasteiger charge is -2.29. The van der Waals surface area contributed by atoms with Gasteiger partial charge in [-0.3, -0.25) is 20.3 Å². The van der Waals surface area contributed by atoms with Crippen molar-refractivity contribution in [3.63, 3.8) is 0 Å². The molecule has 0 aromatic heterocycles. The molecule has 0 saturated carbocycles. The number of amidine groups is 1. The van der Waals surface area contributed by atoms with E-state index in [1.807, 2.05) is 40.5 Å². The summed E-state index contributed by atoms with van der Waals surface area (Å²) in [5, 5.41) is 13.1. The predicted octanol–water partition coefficient (Wildman–Crippen LogP) is 1.18. The number of nitrogens with one attached hydrogen (secondary N) is 3. The molecule has 0 spiro atoms. The molecule has 0 bridgehead atoms. The Morgan fingerprint density at radius 2 is 1.97 bits per heavy atom. The summed E-state index contributed by atoms with van der Waals surface area (Å²) in [5.41, 5.74) is 2.88. The molecule has 0 radical (unpaired) electrons. The van der Waals surface area contributed by atoms with Crippen LogP contribution in [0.25, 0.3) is 0 Å². The van der Waals surface area contributed by atoms with Gasteiger partial charge in [-0.2, -0.15) is 0 Å². The molecule has 1 atom stereocenters. The molecule has 10 heteroatoms. The lowest BCUT2D eigenvalue weighted by Crippen LogP contribution is -2.46. The predicted molar refractivity (Wildman–Crippen MR) is 132 cm³/mol. The van der Waals surface area contributed by atoms with Crippen LogP contribution in [0.2, 0.25) is 0 Å². The number of carbonyl (C=O) groups is 3. The summed E-state index contributed by atoms with van der Waals surface area (Å²) in [6.45, 7) is 3.10. The number of carbonyl (C=O) groups excluding carboxylic acids is 3. The Bertz CT molecular complexity index is 1210. The van der Waals surface area contributed by atoms with Crippen LogP contribution >= 0.6 is 0 Å². The maximum Gasteiger partial charge on any atom is 0.322 e. The quantitative estimate of drug-likeness (QED) is 0.242. The number of hydrogen-bond acceptors (Lipinski definition) is 6. The maximum absolute atomic E-state index is 12.9. The molecule has 0 aliphatic carbocycles. The van der Waals surface area contributed by atoms with Gasteiger partial charge in [0.2, 0.25) is 6.41 Å². The third-order valence-electron chi connectivity index (χ3n) is 5.97. The largest absolute Gasteiger partial charge is 0.497 e. The lowest BCUT2D eigenvalue weighted by atomic mass is 10.1. The van der Waals surface area contributed by atoms with Crippen molar-refractivity contribution in [1.82, 2.24) is 20.4 Å². The van der Waals surface area contributed by atoms with Crippen LogP contribution in [0.1, 0.15) is 27.0 Å². The smallest absolute Gasteiger partial charge is 0.322 e. The number of amides is 4. The van der Waals surface area contributed by atoms with Gasteiger partial charge in [0.05, 0.1) is 26.9 Å². The van der Waals surface area contributed by atoms with Crippen LogP contribution in [-0.2, 0) is 16.1 Å². The number of methoxy groups -OCH3 is 1. The highest BCUT2D eigenvalue weighted by atomic mass is 16.5. The first-order valence-corrected chi connectivity index (χ1v) is 11.5. The zero-order valence-corrected chi connectivity index (χ0v) is 19.9. The van der Waals surface area contributed by atoms with E-state index in [1.54, 1.807) is 17.0 Å². The van der Waals surface area contributed by atoms with E-state index < -0.39 is 12.1 Å². The number of ether oxygens (including phenoxy) is 2. The van der Waals surface area contributed by atoms with Crippen molar-refractivity contribution in [3.8, 4) is 17.6 Å². The summed E-state index contributed by atoms with van der Waals surface area (Å²) in [5.74, 6) is 6.87. The Kier molecular flexibility index (Phi) is 7.82. The van der Waals surface area contributed by atoms with Gasteiger partial charge in [-0.25, -0.2) is 4.79 Å². The zero-order valence-electron chi connectivity index (χ0n) is 19.9. The fraction of sp³-hybridized carbons (Fsp3) is 0.308. The second-order valence-corrected chi connectivity index (χ2v) is 8.29. The van der Waals surface area contributed by atoms with Crippen molar-refractivity contribution in [2.24, 2.45) is 0 Å². The van der Waals surface area contributed by atoms with E-state index in [4.69, 9.17) is 14.9 Å². The summed E-state index contributed by atoms with van der Waals surface area (Å²) in [6.07, 6.45) is 0.283. The number of hydrogen-bond donors (Lipinski definition) is 3. The molecule has 2 heterocycles. The molecule has 2 aliphatic heterocycles. The number of fused-ring (bicyclic) bond motifs is 1. The number of imide groups is 1. The summed E-state index contributed by atoms with van der Waals surface area (Å²) in [7, 11) is 1.54. The normalized spacial score (nSPS) is 15.3. The van der Waals surface area contributed by atoms with Gasteiger partial charge in [-0.1, -0.05) is 30.0 Å². The fourth-order valence-electron chi connectivity index (χ4n) is 4.07. The van der Waals surface area contributed by atoms with Crippen LogP contribution in [0.4, 0.5) is 4.79 Å². The van der Waals surface area contributed by atoms with E-state index in [2.05, 4.69) is 17.2 Å². The van der Waals surface area contributed by atoms with Crippen molar-refractivity contribution >= 4 is 24.2 Å². The van der Waals surface area contributed by atoms with Crippen LogP contribution in [-0.4, -0.2) is 80.0 Å². The monoisotopic (exact) mass is 489 g/mol. The Hall–Kier alpha value is -4.36. The highest BCUT2D eigenvalue weighted by Gasteiger charge is 2.29. The minimum absolute atomic E-state index is 0.134. The molecular formula is C26H27N5O5. The van der Waals surface area contributed by atoms with Crippen molar-refractivity contribution in [2.75, 3.05) is 40.0 Å². The second-order valence-electron chi connectivity index (χ2n) is 8.29. The molecule has 1 saturated heterocycles. The highest BCUT2D eigenvalue weighted by Crippen LogP contribution is 2.26. The van der Waals surface area contributed by atoms with Gasteiger partial charge in [0, 0.05) is 36.3 Å². The number of urea groups is 1. The summed E-state index contributed by atoms with van der Waals surface area (Å²) in [6, 6.07) is 11.2. The summed E-state index contributed by atoms with van der Waals surface area (Å²) < 4.78 is 10.6. The minimum Gasteiger partial charge on any atom is -0.497 e. The first-order valence-electron chi connectivity index (χ1n) is 11.5. The first-order chi connectivity index (χ1) is 17.5. The number of morpholine rings is 1. The molecule has 3 N–H and O–H groups in total. The molecule has 1 fully saturated rings. The average molecular weight is 490 g/mol. The van der Waals surface area contributed by atoms with Gasteiger partial charge in [-0.05, 0) is 29.8 Å². The van der Waals surface area contributed by atoms with Gasteiger partial charge < -0.3 is 24.6 Å².